The van der Waals surface area contributed by atoms with Gasteiger partial charge in [0.2, 0.25) is 0 Å². The Balaban J connectivity index is 1.86. The van der Waals surface area contributed by atoms with Crippen LogP contribution in [0.25, 0.3) is 0 Å². The SMILES string of the molecule is Cc1cccc(NS(=O)(=O)c2cc(C(=O)N(C)Cc3ccccc3)ccc2Cl)c1. The van der Waals surface area contributed by atoms with E-state index in [1.165, 1.54) is 23.1 Å². The van der Waals surface area contributed by atoms with Crippen LogP contribution in [-0.4, -0.2) is 26.3 Å². The molecule has 1 amide bonds. The maximum atomic E-state index is 12.8. The fourth-order valence-electron chi connectivity index (χ4n) is 2.91. The van der Waals surface area contributed by atoms with Crippen molar-refractivity contribution < 1.29 is 13.2 Å². The minimum absolute atomic E-state index is 0.0485. The van der Waals surface area contributed by atoms with Gasteiger partial charge in [-0.2, -0.15) is 0 Å². The normalized spacial score (nSPS) is 11.1. The number of anilines is 1. The first-order valence-electron chi connectivity index (χ1n) is 8.95. The van der Waals surface area contributed by atoms with Gasteiger partial charge in [-0.05, 0) is 48.4 Å². The first-order valence-corrected chi connectivity index (χ1v) is 10.8. The highest BCUT2D eigenvalue weighted by atomic mass is 35.5. The van der Waals surface area contributed by atoms with Gasteiger partial charge in [0, 0.05) is 24.8 Å². The number of sulfonamides is 1. The van der Waals surface area contributed by atoms with Crippen molar-refractivity contribution in [2.45, 2.75) is 18.4 Å². The molecule has 5 nitrogen and oxygen atoms in total. The molecule has 3 aromatic carbocycles. The van der Waals surface area contributed by atoms with E-state index in [1.54, 1.807) is 25.2 Å². The molecule has 0 aliphatic carbocycles. The zero-order valence-corrected chi connectivity index (χ0v) is 17.7. The van der Waals surface area contributed by atoms with Crippen LogP contribution in [0.1, 0.15) is 21.5 Å². The van der Waals surface area contributed by atoms with Crippen molar-refractivity contribution in [2.24, 2.45) is 0 Å². The van der Waals surface area contributed by atoms with Crippen LogP contribution in [-0.2, 0) is 16.6 Å². The topological polar surface area (TPSA) is 66.5 Å². The van der Waals surface area contributed by atoms with Crippen LogP contribution < -0.4 is 4.72 Å². The van der Waals surface area contributed by atoms with Crippen LogP contribution in [0, 0.1) is 6.92 Å². The molecule has 3 rings (SSSR count). The Hall–Kier alpha value is -2.83. The zero-order chi connectivity index (χ0) is 21.0. The highest BCUT2D eigenvalue weighted by molar-refractivity contribution is 7.92. The van der Waals surface area contributed by atoms with Crippen molar-refractivity contribution in [3.8, 4) is 0 Å². The number of rotatable bonds is 6. The Morgan fingerprint density at radius 1 is 1.00 bits per heavy atom. The second-order valence-electron chi connectivity index (χ2n) is 6.77. The van der Waals surface area contributed by atoms with Gasteiger partial charge in [-0.3, -0.25) is 9.52 Å². The first kappa shape index (κ1) is 20.9. The lowest BCUT2D eigenvalue weighted by atomic mass is 10.1. The maximum Gasteiger partial charge on any atom is 0.263 e. The fraction of sp³-hybridized carbons (Fsp3) is 0.136. The van der Waals surface area contributed by atoms with Gasteiger partial charge in [0.05, 0.1) is 5.02 Å². The molecular weight excluding hydrogens is 408 g/mol. The molecule has 7 heteroatoms. The molecule has 0 aromatic heterocycles. The molecule has 150 valence electrons. The van der Waals surface area contributed by atoms with Crippen LogP contribution in [0.5, 0.6) is 0 Å². The van der Waals surface area contributed by atoms with Crippen molar-refractivity contribution in [1.82, 2.24) is 4.90 Å². The van der Waals surface area contributed by atoms with Crippen molar-refractivity contribution >= 4 is 33.2 Å². The predicted octanol–water partition coefficient (Wildman–Crippen LogP) is 4.72. The number of carbonyl (C=O) groups excluding carboxylic acids is 1. The summed E-state index contributed by atoms with van der Waals surface area (Å²) in [5.41, 5.74) is 2.57. The highest BCUT2D eigenvalue weighted by Gasteiger charge is 2.22. The van der Waals surface area contributed by atoms with Gasteiger partial charge in [0.25, 0.3) is 15.9 Å². The van der Waals surface area contributed by atoms with Gasteiger partial charge in [0.15, 0.2) is 0 Å². The van der Waals surface area contributed by atoms with Gasteiger partial charge in [-0.25, -0.2) is 8.42 Å². The van der Waals surface area contributed by atoms with E-state index >= 15 is 0 Å². The quantitative estimate of drug-likeness (QED) is 0.617. The summed E-state index contributed by atoms with van der Waals surface area (Å²) in [5, 5.41) is 0.0485. The molecule has 0 heterocycles. The number of nitrogens with one attached hydrogen (secondary N) is 1. The number of aryl methyl sites for hydroxylation is 1. The lowest BCUT2D eigenvalue weighted by Gasteiger charge is -2.18. The monoisotopic (exact) mass is 428 g/mol. The number of hydrogen-bond donors (Lipinski definition) is 1. The maximum absolute atomic E-state index is 12.8. The molecule has 0 saturated heterocycles. The van der Waals surface area contributed by atoms with Gasteiger partial charge in [-0.1, -0.05) is 54.1 Å². The first-order chi connectivity index (χ1) is 13.8. The zero-order valence-electron chi connectivity index (χ0n) is 16.1. The van der Waals surface area contributed by atoms with Crippen LogP contribution in [0.15, 0.2) is 77.7 Å². The van der Waals surface area contributed by atoms with Crippen molar-refractivity contribution in [3.63, 3.8) is 0 Å². The summed E-state index contributed by atoms with van der Waals surface area (Å²) < 4.78 is 28.2. The Morgan fingerprint density at radius 2 is 1.72 bits per heavy atom. The molecule has 0 bridgehead atoms. The third-order valence-corrected chi connectivity index (χ3v) is 6.21. The number of hydrogen-bond acceptors (Lipinski definition) is 3. The van der Waals surface area contributed by atoms with E-state index in [9.17, 15) is 13.2 Å². The Kier molecular flexibility index (Phi) is 6.25. The molecule has 0 atom stereocenters. The average Bonchev–Trinajstić information content (AvgIpc) is 2.68. The summed E-state index contributed by atoms with van der Waals surface area (Å²) in [6.07, 6.45) is 0. The van der Waals surface area contributed by atoms with Crippen molar-refractivity contribution in [2.75, 3.05) is 11.8 Å². The molecule has 0 radical (unpaired) electrons. The third kappa shape index (κ3) is 5.16. The van der Waals surface area contributed by atoms with Crippen LogP contribution in [0.2, 0.25) is 5.02 Å². The van der Waals surface area contributed by atoms with Gasteiger partial charge >= 0.3 is 0 Å². The summed E-state index contributed by atoms with van der Waals surface area (Å²) in [7, 11) is -2.28. The number of benzene rings is 3. The molecule has 0 saturated carbocycles. The molecule has 3 aromatic rings. The summed E-state index contributed by atoms with van der Waals surface area (Å²) in [6, 6.07) is 20.8. The third-order valence-electron chi connectivity index (χ3n) is 4.35. The molecule has 0 aliphatic heterocycles. The lowest BCUT2D eigenvalue weighted by molar-refractivity contribution is 0.0785. The number of amides is 1. The van der Waals surface area contributed by atoms with Crippen LogP contribution in [0.4, 0.5) is 5.69 Å². The largest absolute Gasteiger partial charge is 0.337 e. The minimum atomic E-state index is -3.95. The molecule has 29 heavy (non-hydrogen) atoms. The molecule has 0 unspecified atom stereocenters. The fourth-order valence-corrected chi connectivity index (χ4v) is 4.49. The summed E-state index contributed by atoms with van der Waals surface area (Å²) in [5.74, 6) is -0.294. The van der Waals surface area contributed by atoms with Crippen molar-refractivity contribution in [3.05, 3.63) is 94.5 Å². The molecular formula is C22H21ClN2O3S. The van der Waals surface area contributed by atoms with Gasteiger partial charge in [-0.15, -0.1) is 0 Å². The second-order valence-corrected chi connectivity index (χ2v) is 8.83. The van der Waals surface area contributed by atoms with E-state index in [0.29, 0.717) is 12.2 Å². The number of nitrogens with zero attached hydrogens (tertiary/aromatic N) is 1. The van der Waals surface area contributed by atoms with Crippen molar-refractivity contribution in [1.29, 1.82) is 0 Å². The Bertz CT molecular complexity index is 1130. The van der Waals surface area contributed by atoms with E-state index in [2.05, 4.69) is 4.72 Å². The highest BCUT2D eigenvalue weighted by Crippen LogP contribution is 2.26. The van der Waals surface area contributed by atoms with Crippen LogP contribution >= 0.6 is 11.6 Å². The minimum Gasteiger partial charge on any atom is -0.337 e. The van der Waals surface area contributed by atoms with Crippen LogP contribution in [0.3, 0.4) is 0 Å². The van der Waals surface area contributed by atoms with E-state index in [-0.39, 0.29) is 21.4 Å². The van der Waals surface area contributed by atoms with E-state index in [0.717, 1.165) is 11.1 Å². The standard InChI is InChI=1S/C22H21ClN2O3S/c1-16-7-6-10-19(13-16)24-29(27,28)21-14-18(11-12-20(21)23)22(26)25(2)15-17-8-4-3-5-9-17/h3-14,24H,15H2,1-2H3. The molecule has 0 aliphatic rings. The summed E-state index contributed by atoms with van der Waals surface area (Å²) >= 11 is 6.15. The Morgan fingerprint density at radius 3 is 2.41 bits per heavy atom. The van der Waals surface area contributed by atoms with Gasteiger partial charge < -0.3 is 4.90 Å². The summed E-state index contributed by atoms with van der Waals surface area (Å²) in [6.45, 7) is 2.28. The Labute approximate surface area is 176 Å². The predicted molar refractivity (Wildman–Crippen MR) is 116 cm³/mol. The van der Waals surface area contributed by atoms with E-state index in [4.69, 9.17) is 11.6 Å². The van der Waals surface area contributed by atoms with E-state index < -0.39 is 10.0 Å². The molecule has 1 N–H and O–H groups in total. The average molecular weight is 429 g/mol. The molecule has 0 fully saturated rings. The van der Waals surface area contributed by atoms with Gasteiger partial charge in [0.1, 0.15) is 4.90 Å². The lowest BCUT2D eigenvalue weighted by Crippen LogP contribution is -2.26. The smallest absolute Gasteiger partial charge is 0.263 e. The van der Waals surface area contributed by atoms with E-state index in [1.807, 2.05) is 43.3 Å². The number of carbonyl (C=O) groups is 1. The molecule has 0 spiro atoms. The number of halogens is 1. The second kappa shape index (κ2) is 8.68. The summed E-state index contributed by atoms with van der Waals surface area (Å²) in [4.78, 5) is 14.2.